The predicted molar refractivity (Wildman–Crippen MR) is 121 cm³/mol. The quantitative estimate of drug-likeness (QED) is 0.269. The predicted octanol–water partition coefficient (Wildman–Crippen LogP) is 6.50. The van der Waals surface area contributed by atoms with Crippen LogP contribution in [0.4, 0.5) is 13.2 Å². The summed E-state index contributed by atoms with van der Waals surface area (Å²) < 4.78 is 52.5. The number of nitrogens with zero attached hydrogens (tertiary/aromatic N) is 2. The molecule has 0 radical (unpaired) electrons. The first kappa shape index (κ1) is 23.9. The highest BCUT2D eigenvalue weighted by atomic mass is 35.5. The number of ether oxygens (including phenoxy) is 1. The van der Waals surface area contributed by atoms with E-state index in [9.17, 15) is 18.0 Å². The summed E-state index contributed by atoms with van der Waals surface area (Å²) in [7, 11) is 0. The third kappa shape index (κ3) is 4.70. The summed E-state index contributed by atoms with van der Waals surface area (Å²) in [5, 5.41) is 13.4. The maximum absolute atomic E-state index is 13.2. The number of carboxylic acid groups (broad SMARTS) is 1. The van der Waals surface area contributed by atoms with Crippen LogP contribution in [0.2, 0.25) is 5.02 Å². The van der Waals surface area contributed by atoms with E-state index in [0.29, 0.717) is 54.3 Å². The van der Waals surface area contributed by atoms with E-state index in [0.717, 1.165) is 10.9 Å². The SMILES string of the molecule is CCCc1c(OCCCn2ccc3c(Cl)c(CC(=O)O)ccc32)ccc2c(C(F)(F)F)noc12. The Bertz CT molecular complexity index is 1340. The molecule has 4 aromatic rings. The normalized spacial score (nSPS) is 12.0. The third-order valence-corrected chi connectivity index (χ3v) is 6.03. The molecule has 0 unspecified atom stereocenters. The fourth-order valence-electron chi connectivity index (χ4n) is 4.06. The Balaban J connectivity index is 1.47. The lowest BCUT2D eigenvalue weighted by atomic mass is 10.0. The molecule has 0 aliphatic heterocycles. The molecule has 10 heteroatoms. The van der Waals surface area contributed by atoms with Crippen LogP contribution in [0.5, 0.6) is 5.75 Å². The number of aliphatic carboxylic acids is 1. The van der Waals surface area contributed by atoms with Crippen LogP contribution in [-0.2, 0) is 30.4 Å². The minimum atomic E-state index is -4.59. The van der Waals surface area contributed by atoms with E-state index in [-0.39, 0.29) is 17.4 Å². The van der Waals surface area contributed by atoms with Crippen molar-refractivity contribution < 1.29 is 32.3 Å². The maximum Gasteiger partial charge on any atom is 0.437 e. The zero-order valence-electron chi connectivity index (χ0n) is 18.3. The summed E-state index contributed by atoms with van der Waals surface area (Å²) in [6.45, 7) is 2.88. The number of hydrogen-bond acceptors (Lipinski definition) is 4. The van der Waals surface area contributed by atoms with Gasteiger partial charge in [-0.2, -0.15) is 13.2 Å². The fourth-order valence-corrected chi connectivity index (χ4v) is 4.35. The van der Waals surface area contributed by atoms with Gasteiger partial charge >= 0.3 is 12.1 Å². The molecule has 0 bridgehead atoms. The van der Waals surface area contributed by atoms with Crippen LogP contribution < -0.4 is 4.74 Å². The van der Waals surface area contributed by atoms with Gasteiger partial charge in [-0.1, -0.05) is 36.2 Å². The lowest BCUT2D eigenvalue weighted by Gasteiger charge is -2.12. The van der Waals surface area contributed by atoms with E-state index in [1.54, 1.807) is 6.07 Å². The van der Waals surface area contributed by atoms with Crippen molar-refractivity contribution in [3.63, 3.8) is 0 Å². The summed E-state index contributed by atoms with van der Waals surface area (Å²) in [6.07, 6.45) is -1.02. The van der Waals surface area contributed by atoms with E-state index >= 15 is 0 Å². The van der Waals surface area contributed by atoms with Crippen LogP contribution in [-0.4, -0.2) is 27.4 Å². The maximum atomic E-state index is 13.2. The summed E-state index contributed by atoms with van der Waals surface area (Å²) in [5.41, 5.74) is 1.09. The van der Waals surface area contributed by atoms with Crippen molar-refractivity contribution in [2.45, 2.75) is 45.3 Å². The van der Waals surface area contributed by atoms with Crippen LogP contribution in [0.15, 0.2) is 41.1 Å². The molecule has 34 heavy (non-hydrogen) atoms. The van der Waals surface area contributed by atoms with Gasteiger partial charge in [0.15, 0.2) is 11.3 Å². The Labute approximate surface area is 197 Å². The molecule has 6 nitrogen and oxygen atoms in total. The van der Waals surface area contributed by atoms with Crippen molar-refractivity contribution >= 4 is 39.4 Å². The second-order valence-corrected chi connectivity index (χ2v) is 8.33. The van der Waals surface area contributed by atoms with Gasteiger partial charge in [0.05, 0.1) is 23.4 Å². The number of aromatic nitrogens is 2. The molecule has 0 atom stereocenters. The van der Waals surface area contributed by atoms with Gasteiger partial charge in [-0.15, -0.1) is 0 Å². The molecular formula is C24H22ClF3N2O4. The monoisotopic (exact) mass is 494 g/mol. The highest BCUT2D eigenvalue weighted by molar-refractivity contribution is 6.36. The summed E-state index contributed by atoms with van der Waals surface area (Å²) >= 11 is 6.38. The molecule has 0 fully saturated rings. The fraction of sp³-hybridized carbons (Fsp3) is 0.333. The Morgan fingerprint density at radius 1 is 1.21 bits per heavy atom. The lowest BCUT2D eigenvalue weighted by molar-refractivity contribution is -0.141. The molecule has 0 aliphatic carbocycles. The van der Waals surface area contributed by atoms with Crippen molar-refractivity contribution in [2.24, 2.45) is 0 Å². The molecule has 0 spiro atoms. The van der Waals surface area contributed by atoms with Gasteiger partial charge in [0.1, 0.15) is 5.75 Å². The van der Waals surface area contributed by atoms with Crippen molar-refractivity contribution in [1.82, 2.24) is 9.72 Å². The number of fused-ring (bicyclic) bond motifs is 2. The number of hydrogen-bond donors (Lipinski definition) is 1. The molecule has 1 N–H and O–H groups in total. The number of carbonyl (C=O) groups is 1. The molecule has 180 valence electrons. The van der Waals surface area contributed by atoms with Crippen molar-refractivity contribution in [3.8, 4) is 5.75 Å². The molecule has 0 saturated heterocycles. The van der Waals surface area contributed by atoms with Crippen LogP contribution >= 0.6 is 11.6 Å². The number of halogens is 4. The zero-order valence-corrected chi connectivity index (χ0v) is 19.0. The van der Waals surface area contributed by atoms with Gasteiger partial charge in [0.25, 0.3) is 0 Å². The van der Waals surface area contributed by atoms with E-state index in [2.05, 4.69) is 5.16 Å². The molecule has 4 rings (SSSR count). The van der Waals surface area contributed by atoms with Gasteiger partial charge in [-0.05, 0) is 42.7 Å². The molecule has 0 aliphatic rings. The Morgan fingerprint density at radius 2 is 2.00 bits per heavy atom. The van der Waals surface area contributed by atoms with E-state index < -0.39 is 17.8 Å². The van der Waals surface area contributed by atoms with Gasteiger partial charge in [0, 0.05) is 29.2 Å². The first-order valence-corrected chi connectivity index (χ1v) is 11.2. The third-order valence-electron chi connectivity index (χ3n) is 5.58. The van der Waals surface area contributed by atoms with Crippen LogP contribution in [0.3, 0.4) is 0 Å². The lowest BCUT2D eigenvalue weighted by Crippen LogP contribution is -2.07. The number of benzene rings is 2. The average Bonchev–Trinajstić information content (AvgIpc) is 3.39. The topological polar surface area (TPSA) is 77.5 Å². The van der Waals surface area contributed by atoms with E-state index in [4.69, 9.17) is 26.0 Å². The zero-order chi connectivity index (χ0) is 24.5. The first-order chi connectivity index (χ1) is 16.2. The first-order valence-electron chi connectivity index (χ1n) is 10.8. The van der Waals surface area contributed by atoms with Crippen molar-refractivity contribution in [1.29, 1.82) is 0 Å². The van der Waals surface area contributed by atoms with Gasteiger partial charge < -0.3 is 18.9 Å². The average molecular weight is 495 g/mol. The van der Waals surface area contributed by atoms with Crippen LogP contribution in [0, 0.1) is 0 Å². The molecule has 0 saturated carbocycles. The second-order valence-electron chi connectivity index (χ2n) is 7.95. The molecule has 2 aromatic heterocycles. The highest BCUT2D eigenvalue weighted by Crippen LogP contribution is 2.38. The molecular weight excluding hydrogens is 473 g/mol. The highest BCUT2D eigenvalue weighted by Gasteiger charge is 2.37. The molecule has 0 amide bonds. The minimum Gasteiger partial charge on any atom is -0.493 e. The number of alkyl halides is 3. The van der Waals surface area contributed by atoms with Gasteiger partial charge in [-0.25, -0.2) is 0 Å². The van der Waals surface area contributed by atoms with Gasteiger partial charge in [-0.3, -0.25) is 4.79 Å². The number of aryl methyl sites for hydroxylation is 2. The second kappa shape index (κ2) is 9.58. The van der Waals surface area contributed by atoms with Gasteiger partial charge in [0.2, 0.25) is 0 Å². The summed E-state index contributed by atoms with van der Waals surface area (Å²) in [5.74, 6) is -0.462. The Kier molecular flexibility index (Phi) is 6.74. The van der Waals surface area contributed by atoms with Crippen molar-refractivity contribution in [2.75, 3.05) is 6.61 Å². The Hall–Kier alpha value is -3.20. The minimum absolute atomic E-state index is 0.0683. The Morgan fingerprint density at radius 3 is 2.71 bits per heavy atom. The summed E-state index contributed by atoms with van der Waals surface area (Å²) in [4.78, 5) is 11.0. The van der Waals surface area contributed by atoms with E-state index in [1.165, 1.54) is 12.1 Å². The van der Waals surface area contributed by atoms with Crippen LogP contribution in [0.25, 0.3) is 21.9 Å². The number of carboxylic acids is 1. The van der Waals surface area contributed by atoms with Crippen LogP contribution in [0.1, 0.15) is 36.6 Å². The standard InChI is InChI=1S/C24H22ClF3N2O4/c1-2-4-16-19(8-6-17-22(16)34-29-23(17)24(26,27)28)33-12-3-10-30-11-9-15-18(30)7-5-14(21(15)25)13-20(31)32/h5-9,11H,2-4,10,12-13H2,1H3,(H,31,32). The van der Waals surface area contributed by atoms with E-state index in [1.807, 2.05) is 29.8 Å². The molecule has 2 heterocycles. The molecule has 2 aromatic carbocycles. The number of rotatable bonds is 9. The smallest absolute Gasteiger partial charge is 0.437 e. The summed E-state index contributed by atoms with van der Waals surface area (Å²) in [6, 6.07) is 8.27. The van der Waals surface area contributed by atoms with Crippen molar-refractivity contribution in [3.05, 3.63) is 58.4 Å². The largest absolute Gasteiger partial charge is 0.493 e.